The van der Waals surface area contributed by atoms with Crippen molar-refractivity contribution in [1.29, 1.82) is 0 Å². The summed E-state index contributed by atoms with van der Waals surface area (Å²) in [7, 11) is 0. The number of carbonyl (C=O) groups excluding carboxylic acids is 1. The Morgan fingerprint density at radius 3 is 2.52 bits per heavy atom. The molecule has 0 aliphatic carbocycles. The van der Waals surface area contributed by atoms with Crippen molar-refractivity contribution in [2.24, 2.45) is 0 Å². The van der Waals surface area contributed by atoms with Gasteiger partial charge in [0.1, 0.15) is 23.6 Å². The van der Waals surface area contributed by atoms with Gasteiger partial charge in [-0.25, -0.2) is 0 Å². The van der Waals surface area contributed by atoms with E-state index in [1.807, 2.05) is 5.32 Å². The number of ether oxygens (including phenoxy) is 2. The Hall–Kier alpha value is -3.54. The first-order chi connectivity index (χ1) is 14.6. The standard InChI is InChI=1S/C19H17F3N2O7/c20-19(21,22)31-11-3-1-10(2-4-11)8-24-13-9-30-6-5-12(13)16(27)15(18(24)29)17(28)23-7-14(25)26/h1-4,27H,5-9H2,(H,23,28)(H,25,26). The Balaban J connectivity index is 1.99. The van der Waals surface area contributed by atoms with Gasteiger partial charge >= 0.3 is 12.3 Å². The topological polar surface area (TPSA) is 127 Å². The Morgan fingerprint density at radius 2 is 1.90 bits per heavy atom. The fourth-order valence-electron chi connectivity index (χ4n) is 3.18. The second-order valence-corrected chi connectivity index (χ2v) is 6.61. The van der Waals surface area contributed by atoms with E-state index < -0.39 is 47.4 Å². The molecule has 1 amide bonds. The van der Waals surface area contributed by atoms with Crippen molar-refractivity contribution in [3.8, 4) is 11.5 Å². The SMILES string of the molecule is O=C(O)CNC(=O)c1c(O)c2c(n(Cc3ccc(OC(F)(F)F)cc3)c1=O)COCC2. The predicted molar refractivity (Wildman–Crippen MR) is 97.9 cm³/mol. The average Bonchev–Trinajstić information content (AvgIpc) is 2.70. The molecule has 166 valence electrons. The van der Waals surface area contributed by atoms with Crippen LogP contribution in [-0.4, -0.2) is 46.2 Å². The molecule has 1 aromatic heterocycles. The summed E-state index contributed by atoms with van der Waals surface area (Å²) in [5.74, 6) is -3.37. The number of amides is 1. The zero-order valence-electron chi connectivity index (χ0n) is 15.9. The van der Waals surface area contributed by atoms with Crippen LogP contribution in [0.3, 0.4) is 0 Å². The fourth-order valence-corrected chi connectivity index (χ4v) is 3.18. The zero-order chi connectivity index (χ0) is 22.8. The number of aromatic nitrogens is 1. The highest BCUT2D eigenvalue weighted by Gasteiger charge is 2.31. The van der Waals surface area contributed by atoms with Crippen LogP contribution in [0.4, 0.5) is 13.2 Å². The van der Waals surface area contributed by atoms with Gasteiger partial charge in [0, 0.05) is 12.0 Å². The highest BCUT2D eigenvalue weighted by atomic mass is 19.4. The molecule has 9 nitrogen and oxygen atoms in total. The van der Waals surface area contributed by atoms with E-state index in [1.165, 1.54) is 16.7 Å². The second-order valence-electron chi connectivity index (χ2n) is 6.61. The molecule has 1 aromatic carbocycles. The highest BCUT2D eigenvalue weighted by molar-refractivity contribution is 5.98. The third-order valence-corrected chi connectivity index (χ3v) is 4.52. The van der Waals surface area contributed by atoms with Gasteiger partial charge in [-0.1, -0.05) is 12.1 Å². The summed E-state index contributed by atoms with van der Waals surface area (Å²) in [6.07, 6.45) is -4.64. The lowest BCUT2D eigenvalue weighted by molar-refractivity contribution is -0.274. The predicted octanol–water partition coefficient (Wildman–Crippen LogP) is 1.39. The number of carboxylic acid groups (broad SMARTS) is 1. The van der Waals surface area contributed by atoms with E-state index in [0.717, 1.165) is 12.1 Å². The molecule has 0 radical (unpaired) electrons. The van der Waals surface area contributed by atoms with Crippen molar-refractivity contribution in [2.75, 3.05) is 13.2 Å². The molecule has 12 heteroatoms. The number of halogens is 3. The third-order valence-electron chi connectivity index (χ3n) is 4.52. The largest absolute Gasteiger partial charge is 0.573 e. The van der Waals surface area contributed by atoms with Crippen molar-refractivity contribution < 1.29 is 42.4 Å². The molecule has 0 fully saturated rings. The zero-order valence-corrected chi connectivity index (χ0v) is 15.9. The lowest BCUT2D eigenvalue weighted by Gasteiger charge is -2.24. The van der Waals surface area contributed by atoms with Crippen LogP contribution in [0.15, 0.2) is 29.1 Å². The van der Waals surface area contributed by atoms with Gasteiger partial charge in [0.2, 0.25) is 0 Å². The Labute approximate surface area is 172 Å². The number of hydrogen-bond acceptors (Lipinski definition) is 6. The minimum Gasteiger partial charge on any atom is -0.507 e. The van der Waals surface area contributed by atoms with E-state index in [2.05, 4.69) is 4.74 Å². The number of carboxylic acids is 1. The molecule has 3 rings (SSSR count). The van der Waals surface area contributed by atoms with Crippen LogP contribution in [0.25, 0.3) is 0 Å². The first kappa shape index (κ1) is 22.2. The Bertz CT molecular complexity index is 1060. The summed E-state index contributed by atoms with van der Waals surface area (Å²) in [6.45, 7) is -0.669. The smallest absolute Gasteiger partial charge is 0.507 e. The van der Waals surface area contributed by atoms with Crippen LogP contribution < -0.4 is 15.6 Å². The van der Waals surface area contributed by atoms with E-state index in [1.54, 1.807) is 0 Å². The molecule has 3 N–H and O–H groups in total. The number of benzene rings is 1. The maximum absolute atomic E-state index is 13.0. The third kappa shape index (κ3) is 5.15. The van der Waals surface area contributed by atoms with Gasteiger partial charge in [-0.3, -0.25) is 14.4 Å². The lowest BCUT2D eigenvalue weighted by Crippen LogP contribution is -2.38. The minimum atomic E-state index is -4.84. The molecular weight excluding hydrogens is 425 g/mol. The molecule has 0 unspecified atom stereocenters. The van der Waals surface area contributed by atoms with Crippen molar-refractivity contribution in [3.05, 3.63) is 57.0 Å². The minimum absolute atomic E-state index is 0.0234. The van der Waals surface area contributed by atoms with Gasteiger partial charge in [-0.15, -0.1) is 13.2 Å². The molecule has 0 atom stereocenters. The van der Waals surface area contributed by atoms with Crippen LogP contribution in [0, 0.1) is 0 Å². The first-order valence-electron chi connectivity index (χ1n) is 8.96. The normalized spacial score (nSPS) is 13.4. The molecule has 31 heavy (non-hydrogen) atoms. The molecule has 0 saturated carbocycles. The van der Waals surface area contributed by atoms with Gasteiger partial charge in [0.15, 0.2) is 0 Å². The molecular formula is C19H17F3N2O7. The Morgan fingerprint density at radius 1 is 1.23 bits per heavy atom. The van der Waals surface area contributed by atoms with Crippen molar-refractivity contribution in [3.63, 3.8) is 0 Å². The Kier molecular flexibility index (Phi) is 6.20. The number of carbonyl (C=O) groups is 2. The fraction of sp³-hybridized carbons (Fsp3) is 0.316. The average molecular weight is 442 g/mol. The summed E-state index contributed by atoms with van der Waals surface area (Å²) < 4.78 is 47.3. The summed E-state index contributed by atoms with van der Waals surface area (Å²) >= 11 is 0. The monoisotopic (exact) mass is 442 g/mol. The molecule has 0 bridgehead atoms. The van der Waals surface area contributed by atoms with Gasteiger partial charge in [0.05, 0.1) is 25.5 Å². The van der Waals surface area contributed by atoms with Crippen molar-refractivity contribution in [2.45, 2.75) is 25.9 Å². The van der Waals surface area contributed by atoms with E-state index in [0.29, 0.717) is 16.8 Å². The van der Waals surface area contributed by atoms with Crippen LogP contribution >= 0.6 is 0 Å². The highest BCUT2D eigenvalue weighted by Crippen LogP contribution is 2.28. The molecule has 2 heterocycles. The number of fused-ring (bicyclic) bond motifs is 1. The van der Waals surface area contributed by atoms with Gasteiger partial charge in [0.25, 0.3) is 11.5 Å². The summed E-state index contributed by atoms with van der Waals surface area (Å²) in [4.78, 5) is 36.0. The molecule has 2 aromatic rings. The summed E-state index contributed by atoms with van der Waals surface area (Å²) in [5.41, 5.74) is -0.450. The summed E-state index contributed by atoms with van der Waals surface area (Å²) in [6, 6.07) is 4.80. The maximum atomic E-state index is 13.0. The van der Waals surface area contributed by atoms with Crippen LogP contribution in [-0.2, 0) is 29.1 Å². The number of pyridine rings is 1. The lowest BCUT2D eigenvalue weighted by atomic mass is 10.0. The molecule has 1 aliphatic rings. The number of nitrogens with one attached hydrogen (secondary N) is 1. The molecule has 0 saturated heterocycles. The number of aliphatic carboxylic acids is 1. The van der Waals surface area contributed by atoms with Crippen molar-refractivity contribution >= 4 is 11.9 Å². The quantitative estimate of drug-likeness (QED) is 0.617. The molecule has 0 spiro atoms. The molecule has 1 aliphatic heterocycles. The van der Waals surface area contributed by atoms with Crippen LogP contribution in [0.5, 0.6) is 11.5 Å². The summed E-state index contributed by atoms with van der Waals surface area (Å²) in [5, 5.41) is 21.3. The second kappa shape index (κ2) is 8.68. The number of alkyl halides is 3. The number of rotatable bonds is 6. The maximum Gasteiger partial charge on any atom is 0.573 e. The first-order valence-corrected chi connectivity index (χ1v) is 8.96. The van der Waals surface area contributed by atoms with Crippen molar-refractivity contribution in [1.82, 2.24) is 9.88 Å². The van der Waals surface area contributed by atoms with Gasteiger partial charge < -0.3 is 29.6 Å². The van der Waals surface area contributed by atoms with Crippen LogP contribution in [0.2, 0.25) is 0 Å². The van der Waals surface area contributed by atoms with Gasteiger partial charge in [-0.2, -0.15) is 0 Å². The number of nitrogens with zero attached hydrogens (tertiary/aromatic N) is 1. The van der Waals surface area contributed by atoms with E-state index in [4.69, 9.17) is 9.84 Å². The van der Waals surface area contributed by atoms with Crippen LogP contribution in [0.1, 0.15) is 27.2 Å². The van der Waals surface area contributed by atoms with E-state index >= 15 is 0 Å². The van der Waals surface area contributed by atoms with E-state index in [9.17, 15) is 32.7 Å². The number of hydrogen-bond donors (Lipinski definition) is 3. The van der Waals surface area contributed by atoms with E-state index in [-0.39, 0.29) is 26.2 Å². The number of aromatic hydroxyl groups is 1. The van der Waals surface area contributed by atoms with Gasteiger partial charge in [-0.05, 0) is 17.7 Å².